The molecule has 2 rings (SSSR count). The third kappa shape index (κ3) is 3.46. The molecule has 1 aliphatic heterocycles. The molecule has 1 aromatic heterocycles. The summed E-state index contributed by atoms with van der Waals surface area (Å²) in [4.78, 5) is 10.5. The van der Waals surface area contributed by atoms with Crippen LogP contribution in [0.1, 0.15) is 36.8 Å². The molecule has 108 valence electrons. The summed E-state index contributed by atoms with van der Waals surface area (Å²) in [6.45, 7) is 4.46. The number of nitrogens with zero attached hydrogens (tertiary/aromatic N) is 3. The Morgan fingerprint density at radius 1 is 1.47 bits per heavy atom. The highest BCUT2D eigenvalue weighted by Crippen LogP contribution is 2.32. The minimum Gasteiger partial charge on any atom is -0.391 e. The number of hydrogen-bond donors (Lipinski definition) is 1. The highest BCUT2D eigenvalue weighted by molar-refractivity contribution is 7.15. The van der Waals surface area contributed by atoms with Gasteiger partial charge >= 0.3 is 0 Å². The molecule has 0 spiro atoms. The Morgan fingerprint density at radius 3 is 2.89 bits per heavy atom. The molecule has 1 aliphatic rings. The summed E-state index contributed by atoms with van der Waals surface area (Å²) in [7, 11) is 4.25. The van der Waals surface area contributed by atoms with E-state index in [0.717, 1.165) is 41.6 Å². The molecule has 1 fully saturated rings. The summed E-state index contributed by atoms with van der Waals surface area (Å²) in [5.41, 5.74) is 1.10. The zero-order valence-electron chi connectivity index (χ0n) is 12.2. The van der Waals surface area contributed by atoms with Gasteiger partial charge in [0.1, 0.15) is 0 Å². The molecule has 1 N–H and O–H groups in total. The molecule has 19 heavy (non-hydrogen) atoms. The predicted octanol–water partition coefficient (Wildman–Crippen LogP) is 2.12. The van der Waals surface area contributed by atoms with Gasteiger partial charge in [0.05, 0.1) is 17.2 Å². The number of aromatic nitrogens is 1. The van der Waals surface area contributed by atoms with Crippen LogP contribution in [0.3, 0.4) is 0 Å². The smallest absolute Gasteiger partial charge is 0.186 e. The van der Waals surface area contributed by atoms with E-state index >= 15 is 0 Å². The van der Waals surface area contributed by atoms with E-state index in [1.807, 2.05) is 0 Å². The quantitative estimate of drug-likeness (QED) is 0.868. The lowest BCUT2D eigenvalue weighted by Crippen LogP contribution is -2.37. The zero-order chi connectivity index (χ0) is 13.8. The van der Waals surface area contributed by atoms with Crippen LogP contribution in [0.25, 0.3) is 0 Å². The average molecular weight is 283 g/mol. The standard InChI is InChI=1S/C14H25N3OS/c1-4-6-12-13(10-18)19-14(15-12)17-8-5-7-11(17)9-16(2)3/h11,18H,4-10H2,1-3H3. The number of anilines is 1. The fourth-order valence-corrected chi connectivity index (χ4v) is 3.81. The number of aliphatic hydroxyl groups is 1. The second kappa shape index (κ2) is 6.68. The van der Waals surface area contributed by atoms with Crippen molar-refractivity contribution in [2.45, 2.75) is 45.3 Å². The van der Waals surface area contributed by atoms with Crippen LogP contribution in [-0.2, 0) is 13.0 Å². The summed E-state index contributed by atoms with van der Waals surface area (Å²) >= 11 is 1.67. The summed E-state index contributed by atoms with van der Waals surface area (Å²) in [5, 5.41) is 10.6. The van der Waals surface area contributed by atoms with Gasteiger partial charge in [-0.25, -0.2) is 4.98 Å². The second-order valence-corrected chi connectivity index (χ2v) is 6.59. The lowest BCUT2D eigenvalue weighted by Gasteiger charge is -2.26. The first-order chi connectivity index (χ1) is 9.15. The van der Waals surface area contributed by atoms with Crippen molar-refractivity contribution in [1.29, 1.82) is 0 Å². The van der Waals surface area contributed by atoms with E-state index in [9.17, 15) is 5.11 Å². The minimum absolute atomic E-state index is 0.124. The van der Waals surface area contributed by atoms with Crippen LogP contribution >= 0.6 is 11.3 Å². The highest BCUT2D eigenvalue weighted by Gasteiger charge is 2.28. The Morgan fingerprint density at radius 2 is 2.26 bits per heavy atom. The SMILES string of the molecule is CCCc1nc(N2CCCC2CN(C)C)sc1CO. The molecule has 1 atom stereocenters. The van der Waals surface area contributed by atoms with Crippen molar-refractivity contribution < 1.29 is 5.11 Å². The van der Waals surface area contributed by atoms with Crippen LogP contribution in [-0.4, -0.2) is 48.2 Å². The summed E-state index contributed by atoms with van der Waals surface area (Å²) in [6.07, 6.45) is 4.54. The van der Waals surface area contributed by atoms with E-state index in [2.05, 4.69) is 30.8 Å². The van der Waals surface area contributed by atoms with Gasteiger partial charge in [-0.3, -0.25) is 0 Å². The summed E-state index contributed by atoms with van der Waals surface area (Å²) < 4.78 is 0. The molecule has 1 aromatic rings. The maximum atomic E-state index is 9.46. The molecule has 0 radical (unpaired) electrons. The molecule has 0 aliphatic carbocycles. The molecule has 0 amide bonds. The number of rotatable bonds is 6. The Bertz CT molecular complexity index is 405. The molecule has 1 saturated heterocycles. The normalized spacial score (nSPS) is 19.6. The number of likely N-dealkylation sites (N-methyl/N-ethyl adjacent to an activating group) is 1. The predicted molar refractivity (Wildman–Crippen MR) is 81.0 cm³/mol. The molecular formula is C14H25N3OS. The molecule has 1 unspecified atom stereocenters. The van der Waals surface area contributed by atoms with Gasteiger partial charge in [0.2, 0.25) is 0 Å². The van der Waals surface area contributed by atoms with Gasteiger partial charge in [-0.15, -0.1) is 0 Å². The molecule has 5 heteroatoms. The summed E-state index contributed by atoms with van der Waals surface area (Å²) in [6, 6.07) is 0.571. The number of aliphatic hydroxyl groups excluding tert-OH is 1. The largest absolute Gasteiger partial charge is 0.391 e. The van der Waals surface area contributed by atoms with E-state index in [4.69, 9.17) is 4.98 Å². The lowest BCUT2D eigenvalue weighted by atomic mass is 10.2. The van der Waals surface area contributed by atoms with Crippen LogP contribution in [0.4, 0.5) is 5.13 Å². The second-order valence-electron chi connectivity index (χ2n) is 5.53. The van der Waals surface area contributed by atoms with Crippen LogP contribution in [0.2, 0.25) is 0 Å². The summed E-state index contributed by atoms with van der Waals surface area (Å²) in [5.74, 6) is 0. The molecule has 0 bridgehead atoms. The van der Waals surface area contributed by atoms with E-state index in [1.165, 1.54) is 12.8 Å². The van der Waals surface area contributed by atoms with Crippen molar-refractivity contribution in [1.82, 2.24) is 9.88 Å². The third-order valence-corrected chi connectivity index (χ3v) is 4.72. The lowest BCUT2D eigenvalue weighted by molar-refractivity contribution is 0.284. The van der Waals surface area contributed by atoms with Gasteiger partial charge in [-0.1, -0.05) is 24.7 Å². The monoisotopic (exact) mass is 283 g/mol. The van der Waals surface area contributed by atoms with Gasteiger partial charge in [0.25, 0.3) is 0 Å². The van der Waals surface area contributed by atoms with Crippen LogP contribution in [0.15, 0.2) is 0 Å². The van der Waals surface area contributed by atoms with Gasteiger partial charge < -0.3 is 14.9 Å². The van der Waals surface area contributed by atoms with E-state index in [0.29, 0.717) is 6.04 Å². The minimum atomic E-state index is 0.124. The molecule has 2 heterocycles. The fraction of sp³-hybridized carbons (Fsp3) is 0.786. The van der Waals surface area contributed by atoms with Gasteiger partial charge in [0.15, 0.2) is 5.13 Å². The Balaban J connectivity index is 2.15. The Kier molecular flexibility index (Phi) is 5.19. The van der Waals surface area contributed by atoms with Crippen molar-refractivity contribution in [2.75, 3.05) is 32.1 Å². The molecule has 0 aromatic carbocycles. The first kappa shape index (κ1) is 14.8. The van der Waals surface area contributed by atoms with Gasteiger partial charge in [-0.05, 0) is 33.4 Å². The van der Waals surface area contributed by atoms with Gasteiger partial charge in [0, 0.05) is 19.1 Å². The zero-order valence-corrected chi connectivity index (χ0v) is 13.0. The van der Waals surface area contributed by atoms with Crippen molar-refractivity contribution in [3.8, 4) is 0 Å². The first-order valence-electron chi connectivity index (χ1n) is 7.16. The highest BCUT2D eigenvalue weighted by atomic mass is 32.1. The fourth-order valence-electron chi connectivity index (χ4n) is 2.75. The van der Waals surface area contributed by atoms with Crippen molar-refractivity contribution in [2.24, 2.45) is 0 Å². The van der Waals surface area contributed by atoms with Crippen LogP contribution in [0.5, 0.6) is 0 Å². The van der Waals surface area contributed by atoms with Gasteiger partial charge in [-0.2, -0.15) is 0 Å². The maximum absolute atomic E-state index is 9.46. The topological polar surface area (TPSA) is 39.6 Å². The van der Waals surface area contributed by atoms with E-state index in [1.54, 1.807) is 11.3 Å². The van der Waals surface area contributed by atoms with Crippen molar-refractivity contribution in [3.05, 3.63) is 10.6 Å². The first-order valence-corrected chi connectivity index (χ1v) is 7.98. The maximum Gasteiger partial charge on any atom is 0.186 e. The Labute approximate surface area is 120 Å². The molecular weight excluding hydrogens is 258 g/mol. The number of hydrogen-bond acceptors (Lipinski definition) is 5. The third-order valence-electron chi connectivity index (χ3n) is 3.60. The number of thiazole rings is 1. The van der Waals surface area contributed by atoms with E-state index in [-0.39, 0.29) is 6.61 Å². The van der Waals surface area contributed by atoms with Crippen LogP contribution < -0.4 is 4.90 Å². The molecule has 4 nitrogen and oxygen atoms in total. The van der Waals surface area contributed by atoms with Crippen molar-refractivity contribution >= 4 is 16.5 Å². The van der Waals surface area contributed by atoms with Crippen molar-refractivity contribution in [3.63, 3.8) is 0 Å². The average Bonchev–Trinajstić information content (AvgIpc) is 2.95. The van der Waals surface area contributed by atoms with Crippen LogP contribution in [0, 0.1) is 0 Å². The number of aryl methyl sites for hydroxylation is 1. The molecule has 0 saturated carbocycles. The van der Waals surface area contributed by atoms with E-state index < -0.39 is 0 Å². The Hall–Kier alpha value is -0.650.